The molecule has 0 aliphatic rings. The molecule has 134 valence electrons. The van der Waals surface area contributed by atoms with E-state index in [1.165, 1.54) is 0 Å². The number of carboxylic acid groups (broad SMARTS) is 2. The third-order valence-corrected chi connectivity index (χ3v) is 2.85. The van der Waals surface area contributed by atoms with Gasteiger partial charge in [0.15, 0.2) is 5.96 Å². The molecule has 9 N–H and O–H groups in total. The van der Waals surface area contributed by atoms with E-state index in [9.17, 15) is 9.59 Å². The van der Waals surface area contributed by atoms with Gasteiger partial charge in [0, 0.05) is 12.2 Å². The number of para-hydroxylation sites is 1. The van der Waals surface area contributed by atoms with Gasteiger partial charge in [0.25, 0.3) is 0 Å². The van der Waals surface area contributed by atoms with Crippen LogP contribution in [0.25, 0.3) is 0 Å². The zero-order chi connectivity index (χ0) is 18.5. The number of carbonyl (C=O) groups is 2. The molecule has 0 radical (unpaired) electrons. The largest absolute Gasteiger partial charge is 0.480 e. The standard InChI is InChI=1S/C9H11NO2.C6H14N4O2/c1-7(9(11)12)10-8-5-3-2-4-6-8;7-4(5(11)12)2-1-3-10-6(8)9/h2-7,10H,1H3,(H,11,12);4H,1-3,7H2,(H,11,12)(H4,8,9,10)/t7-;4-/m00/s1. The maximum absolute atomic E-state index is 10.4. The van der Waals surface area contributed by atoms with Gasteiger partial charge in [0.05, 0.1) is 0 Å². The zero-order valence-corrected chi connectivity index (χ0v) is 13.5. The van der Waals surface area contributed by atoms with Crippen LogP contribution in [0, 0.1) is 5.41 Å². The number of aliphatic carboxylic acids is 2. The molecule has 0 amide bonds. The lowest BCUT2D eigenvalue weighted by Crippen LogP contribution is -2.34. The summed E-state index contributed by atoms with van der Waals surface area (Å²) in [7, 11) is 0. The van der Waals surface area contributed by atoms with Gasteiger partial charge < -0.3 is 32.3 Å². The molecule has 24 heavy (non-hydrogen) atoms. The minimum atomic E-state index is -1.00. The van der Waals surface area contributed by atoms with Crippen LogP contribution in [0.4, 0.5) is 5.69 Å². The van der Waals surface area contributed by atoms with Gasteiger partial charge in [-0.05, 0) is 31.9 Å². The van der Waals surface area contributed by atoms with Crippen LogP contribution in [0.15, 0.2) is 30.3 Å². The van der Waals surface area contributed by atoms with Crippen molar-refractivity contribution >= 4 is 23.6 Å². The van der Waals surface area contributed by atoms with E-state index in [-0.39, 0.29) is 5.96 Å². The lowest BCUT2D eigenvalue weighted by atomic mass is 10.2. The van der Waals surface area contributed by atoms with Crippen molar-refractivity contribution in [2.45, 2.75) is 31.8 Å². The van der Waals surface area contributed by atoms with E-state index in [1.54, 1.807) is 6.92 Å². The van der Waals surface area contributed by atoms with Crippen LogP contribution in [-0.4, -0.2) is 46.7 Å². The molecule has 0 saturated carbocycles. The van der Waals surface area contributed by atoms with E-state index in [1.807, 2.05) is 30.3 Å². The van der Waals surface area contributed by atoms with Gasteiger partial charge in [-0.3, -0.25) is 15.0 Å². The number of hydrogen-bond donors (Lipinski definition) is 7. The molecule has 9 nitrogen and oxygen atoms in total. The summed E-state index contributed by atoms with van der Waals surface area (Å²) in [5.41, 5.74) is 11.0. The second-order valence-corrected chi connectivity index (χ2v) is 5.00. The average Bonchev–Trinajstić information content (AvgIpc) is 2.52. The molecule has 1 aromatic rings. The van der Waals surface area contributed by atoms with Gasteiger partial charge in [-0.15, -0.1) is 0 Å². The Bertz CT molecular complexity index is 524. The van der Waals surface area contributed by atoms with Crippen LogP contribution >= 0.6 is 0 Å². The highest BCUT2D eigenvalue weighted by Crippen LogP contribution is 2.06. The highest BCUT2D eigenvalue weighted by atomic mass is 16.4. The fourth-order valence-corrected chi connectivity index (χ4v) is 1.51. The molecule has 0 spiro atoms. The molecule has 0 unspecified atom stereocenters. The highest BCUT2D eigenvalue weighted by Gasteiger charge is 2.10. The highest BCUT2D eigenvalue weighted by molar-refractivity contribution is 5.76. The summed E-state index contributed by atoms with van der Waals surface area (Å²) in [6.07, 6.45) is 0.975. The van der Waals surface area contributed by atoms with Crippen LogP contribution in [0.3, 0.4) is 0 Å². The van der Waals surface area contributed by atoms with Crippen molar-refractivity contribution in [1.82, 2.24) is 5.32 Å². The average molecular weight is 339 g/mol. The lowest BCUT2D eigenvalue weighted by Gasteiger charge is -2.09. The molecule has 0 fully saturated rings. The maximum atomic E-state index is 10.4. The molecule has 0 aliphatic heterocycles. The van der Waals surface area contributed by atoms with Gasteiger partial charge in [0.1, 0.15) is 12.1 Å². The van der Waals surface area contributed by atoms with Crippen LogP contribution in [-0.2, 0) is 9.59 Å². The van der Waals surface area contributed by atoms with Gasteiger partial charge in [0.2, 0.25) is 0 Å². The van der Waals surface area contributed by atoms with Gasteiger partial charge in [-0.1, -0.05) is 18.2 Å². The number of hydrogen-bond acceptors (Lipinski definition) is 5. The molecule has 0 aliphatic carbocycles. The molecular formula is C15H25N5O4. The second kappa shape index (κ2) is 11.7. The van der Waals surface area contributed by atoms with E-state index in [0.29, 0.717) is 19.4 Å². The number of carboxylic acids is 2. The quantitative estimate of drug-likeness (QED) is 0.200. The molecule has 1 rings (SSSR count). The summed E-state index contributed by atoms with van der Waals surface area (Å²) in [6.45, 7) is 2.09. The number of benzene rings is 1. The first kappa shape index (κ1) is 21.2. The van der Waals surface area contributed by atoms with Crippen LogP contribution in [0.1, 0.15) is 19.8 Å². The van der Waals surface area contributed by atoms with E-state index in [2.05, 4.69) is 10.6 Å². The van der Waals surface area contributed by atoms with Gasteiger partial charge in [-0.25, -0.2) is 0 Å². The fraction of sp³-hybridized carbons (Fsp3) is 0.400. The summed E-state index contributed by atoms with van der Waals surface area (Å²) < 4.78 is 0. The van der Waals surface area contributed by atoms with E-state index in [0.717, 1.165) is 5.69 Å². The summed E-state index contributed by atoms with van der Waals surface area (Å²) in [4.78, 5) is 20.7. The Balaban J connectivity index is 0.000000441. The van der Waals surface area contributed by atoms with Crippen molar-refractivity contribution in [3.05, 3.63) is 30.3 Å². The number of nitrogens with one attached hydrogen (secondary N) is 3. The molecule has 1 aromatic carbocycles. The smallest absolute Gasteiger partial charge is 0.325 e. The monoisotopic (exact) mass is 339 g/mol. The topological polar surface area (TPSA) is 175 Å². The van der Waals surface area contributed by atoms with Gasteiger partial charge >= 0.3 is 11.9 Å². The lowest BCUT2D eigenvalue weighted by molar-refractivity contribution is -0.139. The minimum Gasteiger partial charge on any atom is -0.480 e. The Morgan fingerprint density at radius 3 is 2.25 bits per heavy atom. The van der Waals surface area contributed by atoms with Gasteiger partial charge in [-0.2, -0.15) is 0 Å². The van der Waals surface area contributed by atoms with E-state index < -0.39 is 24.0 Å². The summed E-state index contributed by atoms with van der Waals surface area (Å²) in [5, 5.41) is 29.1. The maximum Gasteiger partial charge on any atom is 0.325 e. The van der Waals surface area contributed by atoms with Crippen molar-refractivity contribution in [3.8, 4) is 0 Å². The Hall–Kier alpha value is -2.81. The van der Waals surface area contributed by atoms with Crippen molar-refractivity contribution in [2.75, 3.05) is 11.9 Å². The Kier molecular flexibility index (Phi) is 10.3. The first-order valence-corrected chi connectivity index (χ1v) is 7.34. The van der Waals surface area contributed by atoms with Crippen molar-refractivity contribution in [1.29, 1.82) is 5.41 Å². The fourth-order valence-electron chi connectivity index (χ4n) is 1.51. The minimum absolute atomic E-state index is 0.112. The number of rotatable bonds is 8. The molecule has 0 heterocycles. The predicted molar refractivity (Wildman–Crippen MR) is 91.9 cm³/mol. The Morgan fingerprint density at radius 2 is 1.79 bits per heavy atom. The van der Waals surface area contributed by atoms with Crippen LogP contribution in [0.2, 0.25) is 0 Å². The summed E-state index contributed by atoms with van der Waals surface area (Å²) >= 11 is 0. The predicted octanol–water partition coefficient (Wildman–Crippen LogP) is 0.233. The number of nitrogens with two attached hydrogens (primary N) is 2. The molecule has 9 heteroatoms. The number of anilines is 1. The molecule has 0 saturated heterocycles. The number of guanidine groups is 1. The molecule has 0 aromatic heterocycles. The third-order valence-electron chi connectivity index (χ3n) is 2.85. The molecule has 0 bridgehead atoms. The zero-order valence-electron chi connectivity index (χ0n) is 13.5. The first-order chi connectivity index (χ1) is 11.2. The van der Waals surface area contributed by atoms with Crippen molar-refractivity contribution in [3.63, 3.8) is 0 Å². The van der Waals surface area contributed by atoms with Crippen LogP contribution in [0.5, 0.6) is 0 Å². The third kappa shape index (κ3) is 10.9. The van der Waals surface area contributed by atoms with E-state index >= 15 is 0 Å². The first-order valence-electron chi connectivity index (χ1n) is 7.34. The van der Waals surface area contributed by atoms with Crippen molar-refractivity contribution in [2.24, 2.45) is 11.5 Å². The summed E-state index contributed by atoms with van der Waals surface area (Å²) in [6, 6.07) is 7.90. The van der Waals surface area contributed by atoms with Crippen molar-refractivity contribution < 1.29 is 19.8 Å². The van der Waals surface area contributed by atoms with E-state index in [4.69, 9.17) is 27.1 Å². The second-order valence-electron chi connectivity index (χ2n) is 5.00. The molecular weight excluding hydrogens is 314 g/mol. The Labute approximate surface area is 140 Å². The summed E-state index contributed by atoms with van der Waals surface area (Å²) in [5.74, 6) is -1.96. The molecule has 2 atom stereocenters. The van der Waals surface area contributed by atoms with Crippen LogP contribution < -0.4 is 22.1 Å². The normalized spacial score (nSPS) is 12.1. The Morgan fingerprint density at radius 1 is 1.21 bits per heavy atom. The SMILES string of the molecule is C[C@H](Nc1ccccc1)C(=O)O.N=C(N)NCCC[C@H](N)C(=O)O.